The molecule has 0 bridgehead atoms. The molecule has 3 nitrogen and oxygen atoms in total. The van der Waals surface area contributed by atoms with Gasteiger partial charge in [-0.25, -0.2) is 18.0 Å². The first-order valence-corrected chi connectivity index (χ1v) is 4.94. The highest BCUT2D eigenvalue weighted by Gasteiger charge is 2.76. The molecule has 0 radical (unpaired) electrons. The third-order valence-corrected chi connectivity index (χ3v) is 2.28. The van der Waals surface area contributed by atoms with Gasteiger partial charge in [-0.05, 0) is 0 Å². The van der Waals surface area contributed by atoms with Crippen molar-refractivity contribution in [3.8, 4) is 5.75 Å². The summed E-state index contributed by atoms with van der Waals surface area (Å²) in [4.78, 5) is 11.0. The Hall–Kier alpha value is -1.98. The van der Waals surface area contributed by atoms with Crippen LogP contribution in [0.4, 0.5) is 39.5 Å². The number of carbonyl (C=O) groups excluding carboxylic acids is 1. The van der Waals surface area contributed by atoms with Crippen LogP contribution in [-0.4, -0.2) is 29.0 Å². The lowest BCUT2D eigenvalue weighted by Crippen LogP contribution is -2.63. The van der Waals surface area contributed by atoms with E-state index < -0.39 is 47.1 Å². The van der Waals surface area contributed by atoms with E-state index in [1.54, 1.807) is 0 Å². The Morgan fingerprint density at radius 1 is 0.909 bits per heavy atom. The van der Waals surface area contributed by atoms with Gasteiger partial charge in [-0.15, -0.1) is 0 Å². The van der Waals surface area contributed by atoms with Gasteiger partial charge in [0.15, 0.2) is 17.5 Å². The molecule has 0 fully saturated rings. The molecule has 1 rings (SSSR count). The SMILES string of the molecule is O=C(Oc1cc(F)c(F)c(F)c1)C(O)(C(F)(F)F)C(F)(F)F. The van der Waals surface area contributed by atoms with Crippen molar-refractivity contribution in [3.63, 3.8) is 0 Å². The highest BCUT2D eigenvalue weighted by molar-refractivity contribution is 5.83. The standard InChI is InChI=1S/C10H3F9O3/c11-4-1-3(2-5(12)6(4)13)22-7(20)8(21,9(14,15)16)10(17,18)19/h1-2,21H. The maximum atomic E-state index is 12.7. The van der Waals surface area contributed by atoms with Crippen LogP contribution >= 0.6 is 0 Å². The highest BCUT2D eigenvalue weighted by atomic mass is 19.4. The first kappa shape index (κ1) is 18.1. The van der Waals surface area contributed by atoms with Crippen molar-refractivity contribution in [3.05, 3.63) is 29.6 Å². The van der Waals surface area contributed by atoms with Crippen molar-refractivity contribution in [2.45, 2.75) is 18.0 Å². The predicted molar refractivity (Wildman–Crippen MR) is 49.0 cm³/mol. The van der Waals surface area contributed by atoms with E-state index in [-0.39, 0.29) is 12.1 Å². The molecular formula is C10H3F9O3. The third kappa shape index (κ3) is 2.96. The number of aliphatic hydroxyl groups is 1. The van der Waals surface area contributed by atoms with Crippen LogP contribution in [-0.2, 0) is 4.79 Å². The number of ether oxygens (including phenoxy) is 1. The zero-order valence-electron chi connectivity index (χ0n) is 9.82. The molecule has 12 heteroatoms. The number of hydrogen-bond donors (Lipinski definition) is 1. The van der Waals surface area contributed by atoms with Crippen LogP contribution in [0.15, 0.2) is 12.1 Å². The molecule has 0 saturated heterocycles. The molecule has 0 unspecified atom stereocenters. The second kappa shape index (κ2) is 5.34. The fraction of sp³-hybridized carbons (Fsp3) is 0.300. The van der Waals surface area contributed by atoms with Crippen LogP contribution in [0.5, 0.6) is 5.75 Å². The van der Waals surface area contributed by atoms with E-state index in [2.05, 4.69) is 4.74 Å². The third-order valence-electron chi connectivity index (χ3n) is 2.28. The summed E-state index contributed by atoms with van der Waals surface area (Å²) in [6, 6.07) is -0.354. The van der Waals surface area contributed by atoms with Gasteiger partial charge in [0.2, 0.25) is 0 Å². The molecule has 1 N–H and O–H groups in total. The Morgan fingerprint density at radius 2 is 1.27 bits per heavy atom. The maximum Gasteiger partial charge on any atom is 0.437 e. The van der Waals surface area contributed by atoms with Gasteiger partial charge >= 0.3 is 23.9 Å². The van der Waals surface area contributed by atoms with Crippen LogP contribution in [0.3, 0.4) is 0 Å². The van der Waals surface area contributed by atoms with Crippen molar-refractivity contribution >= 4 is 5.97 Å². The van der Waals surface area contributed by atoms with E-state index in [0.29, 0.717) is 0 Å². The van der Waals surface area contributed by atoms with Crippen LogP contribution in [0.1, 0.15) is 0 Å². The molecule has 0 spiro atoms. The van der Waals surface area contributed by atoms with Crippen molar-refractivity contribution in [1.82, 2.24) is 0 Å². The second-order valence-corrected chi connectivity index (χ2v) is 3.80. The molecule has 0 aromatic heterocycles. The number of hydrogen-bond acceptors (Lipinski definition) is 3. The summed E-state index contributed by atoms with van der Waals surface area (Å²) in [5.41, 5.74) is -5.93. The largest absolute Gasteiger partial charge is 0.437 e. The smallest absolute Gasteiger partial charge is 0.424 e. The van der Waals surface area contributed by atoms with E-state index >= 15 is 0 Å². The summed E-state index contributed by atoms with van der Waals surface area (Å²) >= 11 is 0. The van der Waals surface area contributed by atoms with Crippen LogP contribution < -0.4 is 4.74 Å². The normalized spacial score (nSPS) is 13.2. The minimum atomic E-state index is -6.53. The van der Waals surface area contributed by atoms with Gasteiger partial charge in [0.1, 0.15) is 5.75 Å². The van der Waals surface area contributed by atoms with Gasteiger partial charge in [-0.3, -0.25) is 0 Å². The summed E-state index contributed by atoms with van der Waals surface area (Å²) in [6.07, 6.45) is -13.1. The summed E-state index contributed by atoms with van der Waals surface area (Å²) in [7, 11) is 0. The average Bonchev–Trinajstić information content (AvgIpc) is 2.31. The Morgan fingerprint density at radius 3 is 1.59 bits per heavy atom. The number of halogens is 9. The fourth-order valence-electron chi connectivity index (χ4n) is 1.16. The molecule has 0 amide bonds. The summed E-state index contributed by atoms with van der Waals surface area (Å²) in [5.74, 6) is -11.0. The molecule has 0 aliphatic heterocycles. The minimum Gasteiger partial charge on any atom is -0.424 e. The lowest BCUT2D eigenvalue weighted by Gasteiger charge is -2.29. The van der Waals surface area contributed by atoms with E-state index in [0.717, 1.165) is 0 Å². The molecule has 124 valence electrons. The van der Waals surface area contributed by atoms with Crippen LogP contribution in [0, 0.1) is 17.5 Å². The van der Waals surface area contributed by atoms with Gasteiger partial charge in [0.25, 0.3) is 0 Å². The van der Waals surface area contributed by atoms with E-state index in [9.17, 15) is 44.3 Å². The van der Waals surface area contributed by atoms with E-state index in [1.807, 2.05) is 0 Å². The number of rotatable bonds is 2. The second-order valence-electron chi connectivity index (χ2n) is 3.80. The Bertz CT molecular complexity index is 553. The monoisotopic (exact) mass is 342 g/mol. The number of esters is 1. The Labute approximate surface area is 114 Å². The lowest BCUT2D eigenvalue weighted by molar-refractivity contribution is -0.354. The van der Waals surface area contributed by atoms with E-state index in [4.69, 9.17) is 5.11 Å². The number of benzene rings is 1. The molecule has 0 saturated carbocycles. The Kier molecular flexibility index (Phi) is 4.38. The van der Waals surface area contributed by atoms with Crippen LogP contribution in [0.25, 0.3) is 0 Å². The van der Waals surface area contributed by atoms with Gasteiger partial charge in [0, 0.05) is 12.1 Å². The fourth-order valence-corrected chi connectivity index (χ4v) is 1.16. The van der Waals surface area contributed by atoms with Crippen molar-refractivity contribution in [1.29, 1.82) is 0 Å². The summed E-state index contributed by atoms with van der Waals surface area (Å²) in [5, 5.41) is 8.62. The van der Waals surface area contributed by atoms with Gasteiger partial charge < -0.3 is 9.84 Å². The van der Waals surface area contributed by atoms with Crippen molar-refractivity contribution < 1.29 is 54.2 Å². The molecule has 22 heavy (non-hydrogen) atoms. The zero-order valence-corrected chi connectivity index (χ0v) is 9.82. The topological polar surface area (TPSA) is 46.5 Å². The molecule has 0 atom stereocenters. The molecule has 0 aliphatic rings. The lowest BCUT2D eigenvalue weighted by atomic mass is 10.0. The Balaban J connectivity index is 3.25. The van der Waals surface area contributed by atoms with Crippen LogP contribution in [0.2, 0.25) is 0 Å². The highest BCUT2D eigenvalue weighted by Crippen LogP contribution is 2.44. The minimum absolute atomic E-state index is 0.177. The van der Waals surface area contributed by atoms with Crippen molar-refractivity contribution in [2.75, 3.05) is 0 Å². The van der Waals surface area contributed by atoms with Crippen molar-refractivity contribution in [2.24, 2.45) is 0 Å². The quantitative estimate of drug-likeness (QED) is 0.389. The van der Waals surface area contributed by atoms with Gasteiger partial charge in [-0.2, -0.15) is 26.3 Å². The summed E-state index contributed by atoms with van der Waals surface area (Å²) < 4.78 is 115. The number of carbonyl (C=O) groups is 1. The molecule has 0 heterocycles. The zero-order chi connectivity index (χ0) is 17.5. The molecule has 0 aliphatic carbocycles. The first-order chi connectivity index (χ1) is 9.71. The first-order valence-electron chi connectivity index (χ1n) is 4.94. The summed E-state index contributed by atoms with van der Waals surface area (Å²) in [6.45, 7) is 0. The number of alkyl halides is 6. The predicted octanol–water partition coefficient (Wildman–Crippen LogP) is 2.86. The van der Waals surface area contributed by atoms with E-state index in [1.165, 1.54) is 0 Å². The molecule has 1 aromatic rings. The average molecular weight is 342 g/mol. The van der Waals surface area contributed by atoms with Gasteiger partial charge in [0.05, 0.1) is 0 Å². The molecular weight excluding hydrogens is 339 g/mol. The maximum absolute atomic E-state index is 12.7. The van der Waals surface area contributed by atoms with Gasteiger partial charge in [-0.1, -0.05) is 0 Å². The molecule has 1 aromatic carbocycles.